The molecule has 1 aromatic heterocycles. The van der Waals surface area contributed by atoms with Gasteiger partial charge in [0.1, 0.15) is 0 Å². The minimum Gasteiger partial charge on any atom is -0.322 e. The van der Waals surface area contributed by atoms with Gasteiger partial charge in [0.15, 0.2) is 0 Å². The molecule has 2 aromatic carbocycles. The van der Waals surface area contributed by atoms with Crippen molar-refractivity contribution >= 4 is 34.1 Å². The zero-order chi connectivity index (χ0) is 18.1. The SMILES string of the molecule is CC1CCC(=O)N1c1ccc(NC(=O)c2cccc3cccnc23)cc1. The molecular formula is C21H19N3O2. The second kappa shape index (κ2) is 6.59. The molecule has 130 valence electrons. The van der Waals surface area contributed by atoms with Crippen LogP contribution in [0.5, 0.6) is 0 Å². The standard InChI is InChI=1S/C21H19N3O2/c1-14-7-12-19(25)24(14)17-10-8-16(9-11-17)23-21(26)18-6-2-4-15-5-3-13-22-20(15)18/h2-6,8-11,13-14H,7,12H2,1H3,(H,23,26). The number of nitrogens with one attached hydrogen (secondary N) is 1. The van der Waals surface area contributed by atoms with Crippen molar-refractivity contribution in [1.82, 2.24) is 4.98 Å². The average Bonchev–Trinajstić information content (AvgIpc) is 3.00. The van der Waals surface area contributed by atoms with Crippen LogP contribution >= 0.6 is 0 Å². The summed E-state index contributed by atoms with van der Waals surface area (Å²) in [6, 6.07) is 16.9. The first-order valence-electron chi connectivity index (χ1n) is 8.71. The van der Waals surface area contributed by atoms with Gasteiger partial charge in [-0.25, -0.2) is 0 Å². The third kappa shape index (κ3) is 2.92. The van der Waals surface area contributed by atoms with E-state index >= 15 is 0 Å². The van der Waals surface area contributed by atoms with Crippen LogP contribution < -0.4 is 10.2 Å². The molecule has 1 saturated heterocycles. The molecule has 0 spiro atoms. The molecule has 1 fully saturated rings. The van der Waals surface area contributed by atoms with E-state index < -0.39 is 0 Å². The van der Waals surface area contributed by atoms with Crippen LogP contribution in [0.15, 0.2) is 60.8 Å². The number of carbonyl (C=O) groups is 2. The smallest absolute Gasteiger partial charge is 0.257 e. The van der Waals surface area contributed by atoms with Crippen LogP contribution in [0.2, 0.25) is 0 Å². The lowest BCUT2D eigenvalue weighted by molar-refractivity contribution is -0.117. The van der Waals surface area contributed by atoms with Crippen molar-refractivity contribution in [3.05, 3.63) is 66.4 Å². The Morgan fingerprint density at radius 1 is 1.12 bits per heavy atom. The van der Waals surface area contributed by atoms with Crippen molar-refractivity contribution < 1.29 is 9.59 Å². The van der Waals surface area contributed by atoms with Crippen molar-refractivity contribution in [2.75, 3.05) is 10.2 Å². The van der Waals surface area contributed by atoms with Gasteiger partial charge < -0.3 is 10.2 Å². The molecule has 2 heterocycles. The second-order valence-corrected chi connectivity index (χ2v) is 6.53. The first kappa shape index (κ1) is 16.3. The molecule has 1 aliphatic heterocycles. The second-order valence-electron chi connectivity index (χ2n) is 6.53. The minimum atomic E-state index is -0.201. The number of anilines is 2. The highest BCUT2D eigenvalue weighted by molar-refractivity contribution is 6.11. The Morgan fingerprint density at radius 2 is 1.88 bits per heavy atom. The number of benzene rings is 2. The summed E-state index contributed by atoms with van der Waals surface area (Å²) in [4.78, 5) is 30.8. The van der Waals surface area contributed by atoms with Crippen molar-refractivity contribution in [1.29, 1.82) is 0 Å². The zero-order valence-electron chi connectivity index (χ0n) is 14.5. The highest BCUT2D eigenvalue weighted by Crippen LogP contribution is 2.27. The summed E-state index contributed by atoms with van der Waals surface area (Å²) in [6.45, 7) is 2.05. The summed E-state index contributed by atoms with van der Waals surface area (Å²) in [7, 11) is 0. The molecule has 26 heavy (non-hydrogen) atoms. The molecule has 1 N–H and O–H groups in total. The molecule has 5 heteroatoms. The Kier molecular flexibility index (Phi) is 4.13. The van der Waals surface area contributed by atoms with E-state index in [1.165, 1.54) is 0 Å². The maximum atomic E-state index is 12.7. The van der Waals surface area contributed by atoms with Crippen LogP contribution in [0.1, 0.15) is 30.1 Å². The summed E-state index contributed by atoms with van der Waals surface area (Å²) in [5.74, 6) is -0.0521. The third-order valence-electron chi connectivity index (χ3n) is 4.77. The number of hydrogen-bond acceptors (Lipinski definition) is 3. The van der Waals surface area contributed by atoms with Gasteiger partial charge in [0.2, 0.25) is 5.91 Å². The Hall–Kier alpha value is -3.21. The molecular weight excluding hydrogens is 326 g/mol. The number of rotatable bonds is 3. The monoisotopic (exact) mass is 345 g/mol. The first-order valence-corrected chi connectivity index (χ1v) is 8.71. The fraction of sp³-hybridized carbons (Fsp3) is 0.190. The Bertz CT molecular complexity index is 977. The highest BCUT2D eigenvalue weighted by Gasteiger charge is 2.28. The predicted octanol–water partition coefficient (Wildman–Crippen LogP) is 4.00. The van der Waals surface area contributed by atoms with E-state index in [0.717, 1.165) is 17.5 Å². The fourth-order valence-electron chi connectivity index (χ4n) is 3.42. The maximum Gasteiger partial charge on any atom is 0.257 e. The third-order valence-corrected chi connectivity index (χ3v) is 4.77. The Labute approximate surface area is 151 Å². The fourth-order valence-corrected chi connectivity index (χ4v) is 3.42. The molecule has 4 rings (SSSR count). The number of fused-ring (bicyclic) bond motifs is 1. The van der Waals surface area contributed by atoms with Crippen LogP contribution in [-0.4, -0.2) is 22.8 Å². The largest absolute Gasteiger partial charge is 0.322 e. The van der Waals surface area contributed by atoms with Crippen LogP contribution in [0, 0.1) is 0 Å². The van der Waals surface area contributed by atoms with Gasteiger partial charge >= 0.3 is 0 Å². The van der Waals surface area contributed by atoms with E-state index in [-0.39, 0.29) is 17.9 Å². The molecule has 1 aliphatic rings. The molecule has 0 aliphatic carbocycles. The van der Waals surface area contributed by atoms with E-state index in [1.807, 2.05) is 60.4 Å². The predicted molar refractivity (Wildman–Crippen MR) is 102 cm³/mol. The van der Waals surface area contributed by atoms with Crippen molar-refractivity contribution in [3.63, 3.8) is 0 Å². The van der Waals surface area contributed by atoms with E-state index in [9.17, 15) is 9.59 Å². The average molecular weight is 345 g/mol. The highest BCUT2D eigenvalue weighted by atomic mass is 16.2. The van der Waals surface area contributed by atoms with Gasteiger partial charge in [0.05, 0.1) is 11.1 Å². The van der Waals surface area contributed by atoms with Crippen LogP contribution in [0.25, 0.3) is 10.9 Å². The molecule has 1 atom stereocenters. The number of nitrogens with zero attached hydrogens (tertiary/aromatic N) is 2. The lowest BCUT2D eigenvalue weighted by atomic mass is 10.1. The van der Waals surface area contributed by atoms with E-state index in [0.29, 0.717) is 23.2 Å². The normalized spacial score (nSPS) is 16.9. The van der Waals surface area contributed by atoms with Crippen molar-refractivity contribution in [2.45, 2.75) is 25.8 Å². The molecule has 5 nitrogen and oxygen atoms in total. The number of amides is 2. The van der Waals surface area contributed by atoms with Gasteiger partial charge in [-0.2, -0.15) is 0 Å². The molecule has 2 amide bonds. The van der Waals surface area contributed by atoms with Crippen molar-refractivity contribution in [3.8, 4) is 0 Å². The summed E-state index contributed by atoms with van der Waals surface area (Å²) < 4.78 is 0. The quantitative estimate of drug-likeness (QED) is 0.780. The van der Waals surface area contributed by atoms with Gasteiger partial charge in [-0.15, -0.1) is 0 Å². The Balaban J connectivity index is 1.55. The molecule has 0 radical (unpaired) electrons. The van der Waals surface area contributed by atoms with Gasteiger partial charge in [-0.1, -0.05) is 18.2 Å². The lowest BCUT2D eigenvalue weighted by Gasteiger charge is -2.22. The molecule has 1 unspecified atom stereocenters. The zero-order valence-corrected chi connectivity index (χ0v) is 14.5. The van der Waals surface area contributed by atoms with Gasteiger partial charge in [0.25, 0.3) is 5.91 Å². The molecule has 0 saturated carbocycles. The Morgan fingerprint density at radius 3 is 2.62 bits per heavy atom. The summed E-state index contributed by atoms with van der Waals surface area (Å²) in [6.07, 6.45) is 3.15. The number of para-hydroxylation sites is 1. The summed E-state index contributed by atoms with van der Waals surface area (Å²) in [5, 5.41) is 3.84. The number of hydrogen-bond donors (Lipinski definition) is 1. The molecule has 3 aromatic rings. The van der Waals surface area contributed by atoms with Gasteiger partial charge in [-0.05, 0) is 49.7 Å². The van der Waals surface area contributed by atoms with E-state index in [2.05, 4.69) is 10.3 Å². The van der Waals surface area contributed by atoms with E-state index in [4.69, 9.17) is 0 Å². The van der Waals surface area contributed by atoms with Gasteiger partial charge in [-0.3, -0.25) is 14.6 Å². The maximum absolute atomic E-state index is 12.7. The number of aromatic nitrogens is 1. The topological polar surface area (TPSA) is 62.3 Å². The minimum absolute atomic E-state index is 0.149. The first-order chi connectivity index (χ1) is 12.6. The van der Waals surface area contributed by atoms with Crippen LogP contribution in [0.3, 0.4) is 0 Å². The van der Waals surface area contributed by atoms with E-state index in [1.54, 1.807) is 12.3 Å². The number of pyridine rings is 1. The molecule has 0 bridgehead atoms. The van der Waals surface area contributed by atoms with Crippen molar-refractivity contribution in [2.24, 2.45) is 0 Å². The van der Waals surface area contributed by atoms with Crippen LogP contribution in [-0.2, 0) is 4.79 Å². The van der Waals surface area contributed by atoms with Crippen LogP contribution in [0.4, 0.5) is 11.4 Å². The summed E-state index contributed by atoms with van der Waals surface area (Å²) in [5.41, 5.74) is 2.77. The summed E-state index contributed by atoms with van der Waals surface area (Å²) >= 11 is 0. The lowest BCUT2D eigenvalue weighted by Crippen LogP contribution is -2.30. The van der Waals surface area contributed by atoms with Gasteiger partial charge in [0, 0.05) is 35.4 Å². The number of carbonyl (C=O) groups excluding carboxylic acids is 2.